The van der Waals surface area contributed by atoms with Crippen LogP contribution in [0.25, 0.3) is 11.5 Å². The van der Waals surface area contributed by atoms with Crippen molar-refractivity contribution in [1.29, 1.82) is 0 Å². The van der Waals surface area contributed by atoms with E-state index in [-0.39, 0.29) is 23.2 Å². The Morgan fingerprint density at radius 2 is 1.37 bits per heavy atom. The van der Waals surface area contributed by atoms with E-state index in [0.29, 0.717) is 0 Å². The van der Waals surface area contributed by atoms with Crippen LogP contribution in [0, 0.1) is 13.8 Å². The maximum Gasteiger partial charge on any atom is 0.226 e. The van der Waals surface area contributed by atoms with Gasteiger partial charge in [0.25, 0.3) is 0 Å². The van der Waals surface area contributed by atoms with E-state index in [4.69, 9.17) is 18.8 Å². The third-order valence-electron chi connectivity index (χ3n) is 10.8. The van der Waals surface area contributed by atoms with Crippen molar-refractivity contribution in [3.63, 3.8) is 0 Å². The van der Waals surface area contributed by atoms with E-state index in [1.165, 1.54) is 60.3 Å². The Kier molecular flexibility index (Phi) is 5.52. The maximum atomic E-state index is 6.73. The maximum absolute atomic E-state index is 6.73. The summed E-state index contributed by atoms with van der Waals surface area (Å²) in [6.07, 6.45) is 12.4. The van der Waals surface area contributed by atoms with Crippen LogP contribution in [-0.2, 0) is 11.1 Å². The van der Waals surface area contributed by atoms with Gasteiger partial charge in [0.05, 0.1) is 23.2 Å². The number of hydrogen-bond donors (Lipinski definition) is 0. The fourth-order valence-corrected chi connectivity index (χ4v) is 9.00. The second kappa shape index (κ2) is 8.98. The van der Waals surface area contributed by atoms with Gasteiger partial charge in [0.2, 0.25) is 5.89 Å². The molecule has 0 bridgehead atoms. The third-order valence-corrected chi connectivity index (χ3v) is 10.8. The van der Waals surface area contributed by atoms with Crippen molar-refractivity contribution in [1.82, 2.24) is 9.97 Å². The van der Waals surface area contributed by atoms with Crippen molar-refractivity contribution in [2.75, 3.05) is 9.80 Å². The lowest BCUT2D eigenvalue weighted by Gasteiger charge is -2.45. The quantitative estimate of drug-likeness (QED) is 0.255. The summed E-state index contributed by atoms with van der Waals surface area (Å²) < 4.78 is 12.7. The average molecular weight is 549 g/mol. The average Bonchev–Trinajstić information content (AvgIpc) is 3.79. The smallest absolute Gasteiger partial charge is 0.226 e. The minimum Gasteiger partial charge on any atom is -0.446 e. The number of benzene rings is 2. The molecule has 2 saturated carbocycles. The van der Waals surface area contributed by atoms with E-state index in [0.717, 1.165) is 54.4 Å². The first kappa shape index (κ1) is 25.2. The number of aryl methyl sites for hydroxylation is 2. The molecule has 2 aliphatic carbocycles. The molecule has 6 heteroatoms. The molecule has 0 unspecified atom stereocenters. The summed E-state index contributed by atoms with van der Waals surface area (Å²) in [4.78, 5) is 15.3. The van der Waals surface area contributed by atoms with Crippen LogP contribution in [-0.4, -0.2) is 9.97 Å². The molecule has 8 rings (SSSR count). The second-order valence-electron chi connectivity index (χ2n) is 13.0. The van der Waals surface area contributed by atoms with Crippen molar-refractivity contribution in [2.45, 2.75) is 109 Å². The zero-order valence-corrected chi connectivity index (χ0v) is 24.7. The van der Waals surface area contributed by atoms with Crippen molar-refractivity contribution in [2.24, 2.45) is 0 Å². The van der Waals surface area contributed by atoms with E-state index >= 15 is 0 Å². The molecule has 212 valence electrons. The fourth-order valence-electron chi connectivity index (χ4n) is 9.00. The molecule has 41 heavy (non-hydrogen) atoms. The number of hydrogen-bond acceptors (Lipinski definition) is 6. The van der Waals surface area contributed by atoms with Crippen molar-refractivity contribution < 1.29 is 8.83 Å². The first-order chi connectivity index (χ1) is 19.9. The lowest BCUT2D eigenvalue weighted by Crippen LogP contribution is -2.44. The molecule has 2 fully saturated rings. The Hall–Kier alpha value is -3.54. The summed E-state index contributed by atoms with van der Waals surface area (Å²) >= 11 is 0. The van der Waals surface area contributed by atoms with Crippen LogP contribution in [0.4, 0.5) is 11.4 Å². The largest absolute Gasteiger partial charge is 0.446 e. The number of fused-ring (bicyclic) bond motifs is 4. The van der Waals surface area contributed by atoms with Crippen LogP contribution in [0.2, 0.25) is 0 Å². The van der Waals surface area contributed by atoms with Crippen LogP contribution in [0.3, 0.4) is 0 Å². The molecule has 0 radical (unpaired) electrons. The predicted octanol–water partition coefficient (Wildman–Crippen LogP) is 9.04. The molecule has 0 saturated heterocycles. The molecule has 0 amide bonds. The monoisotopic (exact) mass is 548 g/mol. The summed E-state index contributed by atoms with van der Waals surface area (Å²) in [5, 5.41) is 0. The molecule has 0 N–H and O–H groups in total. The summed E-state index contributed by atoms with van der Waals surface area (Å²) in [5.74, 6) is 2.83. The highest BCUT2D eigenvalue weighted by atomic mass is 16.4. The van der Waals surface area contributed by atoms with Gasteiger partial charge in [-0.3, -0.25) is 0 Å². The van der Waals surface area contributed by atoms with Gasteiger partial charge < -0.3 is 18.6 Å². The summed E-state index contributed by atoms with van der Waals surface area (Å²) in [7, 11) is 0. The first-order valence-corrected chi connectivity index (χ1v) is 15.6. The molecule has 2 aromatic carbocycles. The van der Waals surface area contributed by atoms with Gasteiger partial charge in [0.15, 0.2) is 17.9 Å². The SMILES string of the molecule is Cc1cc(-c2nc3c(o2)[C@H](C)N(c2ccccc2C)C32CCCCC2)ccc1N1[C@@H](C)c2ocnc2C12CCCC2. The van der Waals surface area contributed by atoms with Crippen molar-refractivity contribution in [3.8, 4) is 11.5 Å². The highest BCUT2D eigenvalue weighted by molar-refractivity contribution is 5.69. The Bertz CT molecular complexity index is 1620. The van der Waals surface area contributed by atoms with Gasteiger partial charge in [-0.2, -0.15) is 0 Å². The van der Waals surface area contributed by atoms with E-state index in [9.17, 15) is 0 Å². The second-order valence-corrected chi connectivity index (χ2v) is 13.0. The lowest BCUT2D eigenvalue weighted by molar-refractivity contribution is 0.277. The number of oxazole rings is 2. The number of aromatic nitrogens is 2. The summed E-state index contributed by atoms with van der Waals surface area (Å²) in [6, 6.07) is 15.9. The van der Waals surface area contributed by atoms with Crippen LogP contribution < -0.4 is 9.80 Å². The van der Waals surface area contributed by atoms with Crippen molar-refractivity contribution in [3.05, 3.63) is 82.9 Å². The van der Waals surface area contributed by atoms with E-state index < -0.39 is 0 Å². The van der Waals surface area contributed by atoms with Crippen LogP contribution in [0.15, 0.2) is 57.7 Å². The van der Waals surface area contributed by atoms with Gasteiger partial charge in [-0.15, -0.1) is 0 Å². The number of rotatable bonds is 3. The van der Waals surface area contributed by atoms with Gasteiger partial charge >= 0.3 is 0 Å². The van der Waals surface area contributed by atoms with Crippen LogP contribution in [0.1, 0.15) is 118 Å². The lowest BCUT2D eigenvalue weighted by atomic mass is 9.79. The summed E-state index contributed by atoms with van der Waals surface area (Å²) in [5.41, 5.74) is 8.36. The Morgan fingerprint density at radius 1 is 0.732 bits per heavy atom. The highest BCUT2D eigenvalue weighted by Crippen LogP contribution is 2.58. The minimum absolute atomic E-state index is 0.0556. The van der Waals surface area contributed by atoms with Gasteiger partial charge in [-0.05, 0) is 88.8 Å². The molecule has 2 atom stereocenters. The Labute approximate surface area is 242 Å². The molecule has 2 aliphatic heterocycles. The first-order valence-electron chi connectivity index (χ1n) is 15.6. The predicted molar refractivity (Wildman–Crippen MR) is 161 cm³/mol. The molecule has 2 spiro atoms. The molecule has 4 aromatic rings. The number of nitrogens with zero attached hydrogens (tertiary/aromatic N) is 4. The van der Waals surface area contributed by atoms with E-state index in [1.807, 2.05) is 0 Å². The molecule has 4 heterocycles. The van der Waals surface area contributed by atoms with Gasteiger partial charge in [-0.1, -0.05) is 50.3 Å². The number of anilines is 2. The topological polar surface area (TPSA) is 58.5 Å². The third kappa shape index (κ3) is 3.36. The van der Waals surface area contributed by atoms with Gasteiger partial charge in [0.1, 0.15) is 11.4 Å². The molecular formula is C35H40N4O2. The van der Waals surface area contributed by atoms with E-state index in [1.54, 1.807) is 6.39 Å². The van der Waals surface area contributed by atoms with E-state index in [2.05, 4.69) is 80.0 Å². The van der Waals surface area contributed by atoms with Gasteiger partial charge in [0, 0.05) is 16.9 Å². The van der Waals surface area contributed by atoms with Gasteiger partial charge in [-0.25, -0.2) is 9.97 Å². The standard InChI is InChI=1S/C35H40N4O2/c1-22-12-6-7-13-27(22)39-25(4)30-32(35(39)16-8-5-9-17-35)37-33(41-30)26-14-15-28(23(2)20-26)38-24(3)29-31(36-21-40-29)34(38)18-10-11-19-34/h6-7,12-15,20-21,24-25H,5,8-11,16-19H2,1-4H3/t24-,25-/m0/s1. The molecule has 2 aromatic heterocycles. The van der Waals surface area contributed by atoms with Crippen LogP contribution in [0.5, 0.6) is 0 Å². The normalized spacial score (nSPS) is 24.0. The number of para-hydroxylation sites is 1. The Balaban J connectivity index is 1.18. The molecular weight excluding hydrogens is 508 g/mol. The van der Waals surface area contributed by atoms with Crippen LogP contribution >= 0.6 is 0 Å². The zero-order valence-electron chi connectivity index (χ0n) is 24.7. The fraction of sp³-hybridized carbons (Fsp3) is 0.486. The highest BCUT2D eigenvalue weighted by Gasteiger charge is 2.55. The van der Waals surface area contributed by atoms with Crippen molar-refractivity contribution >= 4 is 11.4 Å². The zero-order chi connectivity index (χ0) is 27.9. The molecule has 6 nitrogen and oxygen atoms in total. The molecule has 4 aliphatic rings. The summed E-state index contributed by atoms with van der Waals surface area (Å²) in [6.45, 7) is 9.00. The minimum atomic E-state index is -0.0948. The Morgan fingerprint density at radius 3 is 2.07 bits per heavy atom.